The molecule has 0 spiro atoms. The van der Waals surface area contributed by atoms with Crippen molar-refractivity contribution in [3.05, 3.63) is 17.7 Å². The summed E-state index contributed by atoms with van der Waals surface area (Å²) in [6.07, 6.45) is -8.72. The fraction of sp³-hybridized carbons (Fsp3) is 0.545. The predicted molar refractivity (Wildman–Crippen MR) is 59.6 cm³/mol. The molecule has 1 aromatic rings. The molecule has 114 valence electrons. The second kappa shape index (κ2) is 6.19. The van der Waals surface area contributed by atoms with E-state index in [1.165, 1.54) is 0 Å². The summed E-state index contributed by atoms with van der Waals surface area (Å²) in [6, 6.07) is 1.15. The Morgan fingerprint density at radius 1 is 1.15 bits per heavy atom. The molecule has 9 heteroatoms. The smallest absolute Gasteiger partial charge is 0.422 e. The highest BCUT2D eigenvalue weighted by Gasteiger charge is 2.33. The van der Waals surface area contributed by atoms with Gasteiger partial charge >= 0.3 is 12.4 Å². The Morgan fingerprint density at radius 3 is 2.30 bits per heavy atom. The number of nitrogens with one attached hydrogen (secondary N) is 1. The Kier molecular flexibility index (Phi) is 5.07. The van der Waals surface area contributed by atoms with E-state index < -0.39 is 30.4 Å². The summed E-state index contributed by atoms with van der Waals surface area (Å²) >= 11 is 0. The second-order valence-corrected chi connectivity index (χ2v) is 3.91. The van der Waals surface area contributed by atoms with Crippen LogP contribution in [0, 0.1) is 0 Å². The van der Waals surface area contributed by atoms with Crippen molar-refractivity contribution in [1.29, 1.82) is 0 Å². The van der Waals surface area contributed by atoms with Crippen LogP contribution < -0.4 is 10.1 Å². The normalized spacial score (nSPS) is 12.3. The number of aromatic nitrogens is 1. The minimum atomic E-state index is -4.69. The molecule has 0 aliphatic rings. The standard InChI is InChI=1S/C11H12F6N2O/c1-2-3-18-8-4-7(11(15,16)17)5-9(19-8)20-6-10(12,13)14/h4-5H,2-3,6H2,1H3,(H,18,19). The van der Waals surface area contributed by atoms with Crippen LogP contribution in [-0.2, 0) is 6.18 Å². The maximum atomic E-state index is 12.6. The molecule has 3 nitrogen and oxygen atoms in total. The molecule has 0 aliphatic carbocycles. The van der Waals surface area contributed by atoms with Gasteiger partial charge in [-0.2, -0.15) is 31.3 Å². The van der Waals surface area contributed by atoms with Gasteiger partial charge in [-0.3, -0.25) is 0 Å². The van der Waals surface area contributed by atoms with Gasteiger partial charge in [-0.05, 0) is 12.5 Å². The second-order valence-electron chi connectivity index (χ2n) is 3.91. The first kappa shape index (κ1) is 16.4. The third kappa shape index (κ3) is 5.54. The minimum Gasteiger partial charge on any atom is -0.468 e. The van der Waals surface area contributed by atoms with Crippen molar-refractivity contribution in [2.75, 3.05) is 18.5 Å². The molecule has 0 radical (unpaired) electrons. The lowest BCUT2D eigenvalue weighted by atomic mass is 10.2. The van der Waals surface area contributed by atoms with Crippen molar-refractivity contribution in [1.82, 2.24) is 4.98 Å². The monoisotopic (exact) mass is 302 g/mol. The lowest BCUT2D eigenvalue weighted by molar-refractivity contribution is -0.154. The summed E-state index contributed by atoms with van der Waals surface area (Å²) < 4.78 is 78.0. The number of nitrogens with zero attached hydrogens (tertiary/aromatic N) is 1. The van der Waals surface area contributed by atoms with Crippen molar-refractivity contribution < 1.29 is 31.1 Å². The van der Waals surface area contributed by atoms with Gasteiger partial charge in [-0.25, -0.2) is 0 Å². The van der Waals surface area contributed by atoms with Crippen molar-refractivity contribution in [2.45, 2.75) is 25.7 Å². The van der Waals surface area contributed by atoms with Gasteiger partial charge in [0.05, 0.1) is 5.56 Å². The van der Waals surface area contributed by atoms with Gasteiger partial charge < -0.3 is 10.1 Å². The number of hydrogen-bond acceptors (Lipinski definition) is 3. The highest BCUT2D eigenvalue weighted by atomic mass is 19.4. The zero-order valence-electron chi connectivity index (χ0n) is 10.4. The Morgan fingerprint density at radius 2 is 1.80 bits per heavy atom. The number of anilines is 1. The summed E-state index contributed by atoms with van der Waals surface area (Å²) in [5.41, 5.74) is -1.12. The van der Waals surface area contributed by atoms with E-state index in [9.17, 15) is 26.3 Å². The first-order chi connectivity index (χ1) is 9.12. The molecule has 0 atom stereocenters. The molecule has 1 rings (SSSR count). The van der Waals surface area contributed by atoms with Crippen molar-refractivity contribution in [3.63, 3.8) is 0 Å². The Hall–Kier alpha value is -1.67. The van der Waals surface area contributed by atoms with Crippen LogP contribution in [0.15, 0.2) is 12.1 Å². The van der Waals surface area contributed by atoms with Gasteiger partial charge in [0.2, 0.25) is 5.88 Å². The predicted octanol–water partition coefficient (Wildman–Crippen LogP) is 3.86. The lowest BCUT2D eigenvalue weighted by Gasteiger charge is -2.13. The topological polar surface area (TPSA) is 34.1 Å². The van der Waals surface area contributed by atoms with E-state index in [1.807, 2.05) is 0 Å². The van der Waals surface area contributed by atoms with Crippen LogP contribution in [0.2, 0.25) is 0 Å². The third-order valence-corrected chi connectivity index (χ3v) is 2.07. The number of hydrogen-bond donors (Lipinski definition) is 1. The fourth-order valence-corrected chi connectivity index (χ4v) is 1.24. The number of rotatable bonds is 5. The summed E-state index contributed by atoms with van der Waals surface area (Å²) in [5, 5.41) is 2.57. The summed E-state index contributed by atoms with van der Waals surface area (Å²) in [5.74, 6) is -0.908. The Labute approximate surface area is 110 Å². The molecule has 0 unspecified atom stereocenters. The molecule has 0 aliphatic heterocycles. The van der Waals surface area contributed by atoms with Crippen LogP contribution in [0.5, 0.6) is 5.88 Å². The molecule has 1 heterocycles. The van der Waals surface area contributed by atoms with E-state index in [4.69, 9.17) is 0 Å². The zero-order chi connectivity index (χ0) is 15.4. The van der Waals surface area contributed by atoms with Crippen molar-refractivity contribution in [2.24, 2.45) is 0 Å². The SMILES string of the molecule is CCCNc1cc(C(F)(F)F)cc(OCC(F)(F)F)n1. The van der Waals surface area contributed by atoms with E-state index in [1.54, 1.807) is 6.92 Å². The van der Waals surface area contributed by atoms with Crippen LogP contribution in [-0.4, -0.2) is 24.3 Å². The lowest BCUT2D eigenvalue weighted by Crippen LogP contribution is -2.20. The van der Waals surface area contributed by atoms with E-state index in [0.717, 1.165) is 6.07 Å². The van der Waals surface area contributed by atoms with Gasteiger partial charge in [-0.15, -0.1) is 0 Å². The molecule has 1 N–H and O–H groups in total. The molecule has 0 saturated heterocycles. The van der Waals surface area contributed by atoms with Gasteiger partial charge in [0.1, 0.15) is 5.82 Å². The van der Waals surface area contributed by atoms with Crippen LogP contribution in [0.25, 0.3) is 0 Å². The van der Waals surface area contributed by atoms with Crippen LogP contribution >= 0.6 is 0 Å². The van der Waals surface area contributed by atoms with Gasteiger partial charge in [-0.1, -0.05) is 6.92 Å². The Balaban J connectivity index is 2.97. The zero-order valence-corrected chi connectivity index (χ0v) is 10.4. The molecular weight excluding hydrogens is 290 g/mol. The molecule has 1 aromatic heterocycles. The molecule has 0 fully saturated rings. The van der Waals surface area contributed by atoms with Crippen LogP contribution in [0.3, 0.4) is 0 Å². The maximum absolute atomic E-state index is 12.6. The average Bonchev–Trinajstić information content (AvgIpc) is 2.32. The van der Waals surface area contributed by atoms with E-state index in [2.05, 4.69) is 15.0 Å². The quantitative estimate of drug-likeness (QED) is 0.839. The van der Waals surface area contributed by atoms with E-state index in [0.29, 0.717) is 19.0 Å². The fourth-order valence-electron chi connectivity index (χ4n) is 1.24. The first-order valence-electron chi connectivity index (χ1n) is 5.64. The van der Waals surface area contributed by atoms with Crippen LogP contribution in [0.1, 0.15) is 18.9 Å². The number of ether oxygens (including phenoxy) is 1. The molecule has 20 heavy (non-hydrogen) atoms. The highest BCUT2D eigenvalue weighted by Crippen LogP contribution is 2.33. The molecule has 0 aromatic carbocycles. The first-order valence-corrected chi connectivity index (χ1v) is 5.64. The molecule has 0 saturated carbocycles. The number of pyridine rings is 1. The number of halogens is 6. The van der Waals surface area contributed by atoms with E-state index in [-0.39, 0.29) is 5.82 Å². The average molecular weight is 302 g/mol. The number of alkyl halides is 6. The molecular formula is C11H12F6N2O. The minimum absolute atomic E-state index is 0.182. The highest BCUT2D eigenvalue weighted by molar-refractivity contribution is 5.42. The molecule has 0 amide bonds. The maximum Gasteiger partial charge on any atom is 0.422 e. The summed E-state index contributed by atoms with van der Waals surface area (Å²) in [6.45, 7) is 0.420. The third-order valence-electron chi connectivity index (χ3n) is 2.07. The Bertz CT molecular complexity index is 444. The van der Waals surface area contributed by atoms with Gasteiger partial charge in [0.25, 0.3) is 0 Å². The van der Waals surface area contributed by atoms with E-state index >= 15 is 0 Å². The van der Waals surface area contributed by atoms with Crippen molar-refractivity contribution >= 4 is 5.82 Å². The summed E-state index contributed by atoms with van der Waals surface area (Å²) in [7, 11) is 0. The largest absolute Gasteiger partial charge is 0.468 e. The summed E-state index contributed by atoms with van der Waals surface area (Å²) in [4.78, 5) is 3.55. The van der Waals surface area contributed by atoms with Crippen molar-refractivity contribution in [3.8, 4) is 5.88 Å². The van der Waals surface area contributed by atoms with Gasteiger partial charge in [0.15, 0.2) is 6.61 Å². The molecule has 0 bridgehead atoms. The van der Waals surface area contributed by atoms with Gasteiger partial charge in [0, 0.05) is 12.6 Å². The van der Waals surface area contributed by atoms with Crippen LogP contribution in [0.4, 0.5) is 32.2 Å².